The third-order valence-corrected chi connectivity index (χ3v) is 1.86. The molecule has 0 saturated carbocycles. The van der Waals surface area contributed by atoms with Crippen LogP contribution in [0.5, 0.6) is 0 Å². The molecular formula is C10H11F2NO2. The molecule has 1 aromatic rings. The number of hydrogen-bond donors (Lipinski definition) is 2. The molecule has 0 amide bonds. The van der Waals surface area contributed by atoms with Crippen LogP contribution in [0.4, 0.5) is 8.78 Å². The van der Waals surface area contributed by atoms with Gasteiger partial charge in [-0.2, -0.15) is 0 Å². The van der Waals surface area contributed by atoms with Gasteiger partial charge in [0, 0.05) is 12.1 Å². The summed E-state index contributed by atoms with van der Waals surface area (Å²) < 4.78 is 25.5. The van der Waals surface area contributed by atoms with Crippen LogP contribution in [0.25, 0.3) is 0 Å². The summed E-state index contributed by atoms with van der Waals surface area (Å²) >= 11 is 0. The highest BCUT2D eigenvalue weighted by Gasteiger charge is 2.10. The summed E-state index contributed by atoms with van der Waals surface area (Å²) in [4.78, 5) is 10.3. The first-order valence-corrected chi connectivity index (χ1v) is 4.39. The second-order valence-electron chi connectivity index (χ2n) is 3.34. The molecule has 1 rings (SSSR count). The van der Waals surface area contributed by atoms with Crippen LogP contribution >= 0.6 is 0 Å². The number of carboxylic acid groups (broad SMARTS) is 1. The van der Waals surface area contributed by atoms with Crippen LogP contribution in [0.2, 0.25) is 0 Å². The minimum absolute atomic E-state index is 0.140. The van der Waals surface area contributed by atoms with Gasteiger partial charge in [0.1, 0.15) is 11.6 Å². The molecule has 1 aromatic carbocycles. The van der Waals surface area contributed by atoms with E-state index in [1.54, 1.807) is 0 Å². The SMILES string of the molecule is N[C@@H](CC(=O)O)Cc1cc(F)cc(F)c1. The van der Waals surface area contributed by atoms with Crippen LogP contribution in [-0.2, 0) is 11.2 Å². The van der Waals surface area contributed by atoms with Crippen LogP contribution in [0, 0.1) is 11.6 Å². The third-order valence-electron chi connectivity index (χ3n) is 1.86. The maximum atomic E-state index is 12.7. The van der Waals surface area contributed by atoms with Crippen molar-refractivity contribution in [2.75, 3.05) is 0 Å². The highest BCUT2D eigenvalue weighted by Crippen LogP contribution is 2.10. The van der Waals surface area contributed by atoms with Gasteiger partial charge >= 0.3 is 5.97 Å². The van der Waals surface area contributed by atoms with Crippen molar-refractivity contribution in [3.05, 3.63) is 35.4 Å². The summed E-state index contributed by atoms with van der Waals surface area (Å²) in [6.07, 6.45) is -0.0842. The van der Waals surface area contributed by atoms with Crippen LogP contribution in [-0.4, -0.2) is 17.1 Å². The molecule has 0 heterocycles. The van der Waals surface area contributed by atoms with Gasteiger partial charge in [0.2, 0.25) is 0 Å². The molecule has 5 heteroatoms. The number of nitrogens with two attached hydrogens (primary N) is 1. The zero-order valence-electron chi connectivity index (χ0n) is 7.91. The van der Waals surface area contributed by atoms with Crippen molar-refractivity contribution < 1.29 is 18.7 Å². The van der Waals surface area contributed by atoms with Crippen LogP contribution in [0.1, 0.15) is 12.0 Å². The Morgan fingerprint density at radius 3 is 2.33 bits per heavy atom. The lowest BCUT2D eigenvalue weighted by Gasteiger charge is -2.08. The molecule has 0 aromatic heterocycles. The zero-order valence-corrected chi connectivity index (χ0v) is 7.91. The standard InChI is InChI=1S/C10H11F2NO2/c11-7-1-6(2-8(12)4-7)3-9(13)5-10(14)15/h1-2,4,9H,3,5,13H2,(H,14,15)/t9-/m1/s1. The van der Waals surface area contributed by atoms with Crippen LogP contribution in [0.3, 0.4) is 0 Å². The lowest BCUT2D eigenvalue weighted by molar-refractivity contribution is -0.137. The van der Waals surface area contributed by atoms with Crippen molar-refractivity contribution in [1.29, 1.82) is 0 Å². The molecule has 0 saturated heterocycles. The van der Waals surface area contributed by atoms with Crippen molar-refractivity contribution in [3.63, 3.8) is 0 Å². The molecule has 0 aliphatic heterocycles. The minimum Gasteiger partial charge on any atom is -0.481 e. The van der Waals surface area contributed by atoms with Gasteiger partial charge in [0.15, 0.2) is 0 Å². The lowest BCUT2D eigenvalue weighted by Crippen LogP contribution is -2.26. The molecule has 1 atom stereocenters. The molecule has 0 radical (unpaired) electrons. The molecule has 0 bridgehead atoms. The van der Waals surface area contributed by atoms with E-state index in [4.69, 9.17) is 10.8 Å². The second-order valence-corrected chi connectivity index (χ2v) is 3.34. The monoisotopic (exact) mass is 215 g/mol. The van der Waals surface area contributed by atoms with E-state index in [-0.39, 0.29) is 12.8 Å². The Morgan fingerprint density at radius 1 is 1.33 bits per heavy atom. The van der Waals surface area contributed by atoms with Crippen molar-refractivity contribution in [1.82, 2.24) is 0 Å². The van der Waals surface area contributed by atoms with E-state index in [1.165, 1.54) is 0 Å². The summed E-state index contributed by atoms with van der Waals surface area (Å²) in [5.74, 6) is -2.40. The Kier molecular flexibility index (Phi) is 3.74. The summed E-state index contributed by atoms with van der Waals surface area (Å²) in [6.45, 7) is 0. The molecular weight excluding hydrogens is 204 g/mol. The molecule has 0 fully saturated rings. The molecule has 0 aliphatic carbocycles. The number of aliphatic carboxylic acids is 1. The van der Waals surface area contributed by atoms with E-state index in [0.717, 1.165) is 18.2 Å². The van der Waals surface area contributed by atoms with E-state index >= 15 is 0 Å². The Balaban J connectivity index is 2.67. The van der Waals surface area contributed by atoms with Gasteiger partial charge in [-0.25, -0.2) is 8.78 Å². The Labute approximate surface area is 85.5 Å². The Morgan fingerprint density at radius 2 is 1.87 bits per heavy atom. The number of halogens is 2. The van der Waals surface area contributed by atoms with E-state index in [0.29, 0.717) is 5.56 Å². The van der Waals surface area contributed by atoms with Gasteiger partial charge in [-0.05, 0) is 24.1 Å². The van der Waals surface area contributed by atoms with Crippen LogP contribution in [0.15, 0.2) is 18.2 Å². The predicted octanol–water partition coefficient (Wildman–Crippen LogP) is 1.31. The van der Waals surface area contributed by atoms with Crippen molar-refractivity contribution in [2.24, 2.45) is 5.73 Å². The fourth-order valence-electron chi connectivity index (χ4n) is 1.33. The average Bonchev–Trinajstić information content (AvgIpc) is 1.98. The topological polar surface area (TPSA) is 63.3 Å². The van der Waals surface area contributed by atoms with Crippen molar-refractivity contribution >= 4 is 5.97 Å². The summed E-state index contributed by atoms with van der Waals surface area (Å²) in [7, 11) is 0. The van der Waals surface area contributed by atoms with E-state index in [9.17, 15) is 13.6 Å². The Hall–Kier alpha value is -1.49. The predicted molar refractivity (Wildman–Crippen MR) is 50.3 cm³/mol. The highest BCUT2D eigenvalue weighted by atomic mass is 19.1. The van der Waals surface area contributed by atoms with Crippen molar-refractivity contribution in [2.45, 2.75) is 18.9 Å². The first-order valence-electron chi connectivity index (χ1n) is 4.39. The summed E-state index contributed by atoms with van der Waals surface area (Å²) in [6, 6.07) is 2.41. The first-order chi connectivity index (χ1) is 6.97. The van der Waals surface area contributed by atoms with E-state index < -0.39 is 23.6 Å². The van der Waals surface area contributed by atoms with E-state index in [1.807, 2.05) is 0 Å². The molecule has 82 valence electrons. The fourth-order valence-corrected chi connectivity index (χ4v) is 1.33. The fraction of sp³-hybridized carbons (Fsp3) is 0.300. The normalized spacial score (nSPS) is 12.5. The number of carbonyl (C=O) groups is 1. The minimum atomic E-state index is -1.03. The Bertz CT molecular complexity index is 348. The number of benzene rings is 1. The molecule has 0 unspecified atom stereocenters. The lowest BCUT2D eigenvalue weighted by atomic mass is 10.0. The number of hydrogen-bond acceptors (Lipinski definition) is 2. The van der Waals surface area contributed by atoms with Gasteiger partial charge in [-0.1, -0.05) is 0 Å². The average molecular weight is 215 g/mol. The smallest absolute Gasteiger partial charge is 0.304 e. The largest absolute Gasteiger partial charge is 0.481 e. The molecule has 0 aliphatic rings. The second kappa shape index (κ2) is 4.84. The maximum absolute atomic E-state index is 12.7. The van der Waals surface area contributed by atoms with Crippen molar-refractivity contribution in [3.8, 4) is 0 Å². The molecule has 3 N–H and O–H groups in total. The number of rotatable bonds is 4. The van der Waals surface area contributed by atoms with Gasteiger partial charge < -0.3 is 10.8 Å². The third kappa shape index (κ3) is 4.03. The highest BCUT2D eigenvalue weighted by molar-refractivity contribution is 5.67. The maximum Gasteiger partial charge on any atom is 0.304 e. The van der Waals surface area contributed by atoms with Gasteiger partial charge in [-0.15, -0.1) is 0 Å². The van der Waals surface area contributed by atoms with Gasteiger partial charge in [-0.3, -0.25) is 4.79 Å². The van der Waals surface area contributed by atoms with Crippen LogP contribution < -0.4 is 5.73 Å². The summed E-state index contributed by atoms with van der Waals surface area (Å²) in [5, 5.41) is 8.44. The molecule has 3 nitrogen and oxygen atoms in total. The number of carboxylic acids is 1. The molecule has 0 spiro atoms. The zero-order chi connectivity index (χ0) is 11.4. The summed E-state index contributed by atoms with van der Waals surface area (Å²) in [5.41, 5.74) is 5.84. The van der Waals surface area contributed by atoms with Gasteiger partial charge in [0.25, 0.3) is 0 Å². The molecule has 15 heavy (non-hydrogen) atoms. The first kappa shape index (κ1) is 11.6. The quantitative estimate of drug-likeness (QED) is 0.795. The van der Waals surface area contributed by atoms with Gasteiger partial charge in [0.05, 0.1) is 6.42 Å². The van der Waals surface area contributed by atoms with E-state index in [2.05, 4.69) is 0 Å².